The van der Waals surface area contributed by atoms with Gasteiger partial charge in [-0.2, -0.15) is 0 Å². The third-order valence-electron chi connectivity index (χ3n) is 5.73. The van der Waals surface area contributed by atoms with E-state index >= 15 is 0 Å². The molecule has 3 rings (SSSR count). The first-order valence-corrected chi connectivity index (χ1v) is 13.9. The van der Waals surface area contributed by atoms with Crippen LogP contribution in [0.4, 0.5) is 5.69 Å². The number of rotatable bonds is 11. The Morgan fingerprint density at radius 3 is 2.27 bits per heavy atom. The monoisotopic (exact) mass is 587 g/mol. The van der Waals surface area contributed by atoms with Gasteiger partial charge >= 0.3 is 0 Å². The van der Waals surface area contributed by atoms with E-state index < -0.39 is 28.5 Å². The molecule has 196 valence electrons. The fraction of sp³-hybridized carbons (Fsp3) is 0.259. The molecular weight excluding hydrogens is 558 g/mol. The van der Waals surface area contributed by atoms with Crippen LogP contribution in [0.5, 0.6) is 5.75 Å². The van der Waals surface area contributed by atoms with Crippen molar-refractivity contribution in [1.29, 1.82) is 0 Å². The van der Waals surface area contributed by atoms with Crippen molar-refractivity contribution in [3.63, 3.8) is 0 Å². The Bertz CT molecular complexity index is 1320. The van der Waals surface area contributed by atoms with Gasteiger partial charge in [0, 0.05) is 17.6 Å². The van der Waals surface area contributed by atoms with Crippen LogP contribution in [0.1, 0.15) is 19.4 Å². The molecule has 0 heterocycles. The number of benzene rings is 3. The number of nitrogens with zero attached hydrogens (tertiary/aromatic N) is 2. The first kappa shape index (κ1) is 28.2. The van der Waals surface area contributed by atoms with Gasteiger partial charge < -0.3 is 15.0 Å². The number of ether oxygens (including phenoxy) is 1. The Morgan fingerprint density at radius 1 is 1.00 bits per heavy atom. The molecule has 3 aromatic carbocycles. The number of carbonyl (C=O) groups is 2. The molecule has 0 radical (unpaired) electrons. The SMILES string of the molecule is CCNC(=O)[C@@H](C)N(Cc1cccc(Br)c1)C(=O)CN(c1ccc(OC)cc1)S(=O)(=O)c1ccccc1. The summed E-state index contributed by atoms with van der Waals surface area (Å²) in [4.78, 5) is 27.9. The summed E-state index contributed by atoms with van der Waals surface area (Å²) in [7, 11) is -2.59. The van der Waals surface area contributed by atoms with Gasteiger partial charge in [-0.1, -0.05) is 46.3 Å². The second kappa shape index (κ2) is 12.7. The van der Waals surface area contributed by atoms with E-state index in [1.165, 1.54) is 24.1 Å². The molecule has 0 spiro atoms. The number of likely N-dealkylation sites (N-methyl/N-ethyl adjacent to an activating group) is 1. The minimum absolute atomic E-state index is 0.0499. The standard InChI is InChI=1S/C27H30BrN3O5S/c1-4-29-27(33)20(2)30(18-21-9-8-10-22(28)17-21)26(32)19-31(23-13-15-24(36-3)16-14-23)37(34,35)25-11-6-5-7-12-25/h5-17,20H,4,18-19H2,1-3H3,(H,29,33)/t20-/m1/s1. The van der Waals surface area contributed by atoms with Gasteiger partial charge in [0.25, 0.3) is 10.0 Å². The second-order valence-electron chi connectivity index (χ2n) is 8.24. The molecule has 1 N–H and O–H groups in total. The second-order valence-corrected chi connectivity index (χ2v) is 11.0. The number of nitrogens with one attached hydrogen (secondary N) is 1. The number of anilines is 1. The van der Waals surface area contributed by atoms with Gasteiger partial charge in [0.05, 0.1) is 17.7 Å². The summed E-state index contributed by atoms with van der Waals surface area (Å²) in [5.41, 5.74) is 1.09. The van der Waals surface area contributed by atoms with Gasteiger partial charge in [0.1, 0.15) is 18.3 Å². The quantitative estimate of drug-likeness (QED) is 0.362. The van der Waals surface area contributed by atoms with E-state index in [0.717, 1.165) is 14.3 Å². The molecule has 8 nitrogen and oxygen atoms in total. The minimum atomic E-state index is -4.10. The smallest absolute Gasteiger partial charge is 0.264 e. The molecule has 0 saturated heterocycles. The summed E-state index contributed by atoms with van der Waals surface area (Å²) < 4.78 is 34.5. The molecule has 2 amide bonds. The third-order valence-corrected chi connectivity index (χ3v) is 8.01. The number of halogens is 1. The van der Waals surface area contributed by atoms with Crippen molar-refractivity contribution >= 4 is 43.5 Å². The molecule has 37 heavy (non-hydrogen) atoms. The van der Waals surface area contributed by atoms with Crippen LogP contribution in [0.25, 0.3) is 0 Å². The van der Waals surface area contributed by atoms with Crippen LogP contribution >= 0.6 is 15.9 Å². The van der Waals surface area contributed by atoms with Gasteiger partial charge in [-0.15, -0.1) is 0 Å². The number of methoxy groups -OCH3 is 1. The molecule has 0 aromatic heterocycles. The van der Waals surface area contributed by atoms with Crippen molar-refractivity contribution in [2.75, 3.05) is 24.5 Å². The van der Waals surface area contributed by atoms with Crippen molar-refractivity contribution in [3.8, 4) is 5.75 Å². The van der Waals surface area contributed by atoms with Crippen molar-refractivity contribution in [3.05, 3.63) is 88.9 Å². The lowest BCUT2D eigenvalue weighted by Crippen LogP contribution is -2.51. The first-order chi connectivity index (χ1) is 17.7. The van der Waals surface area contributed by atoms with Gasteiger partial charge in [-0.05, 0) is 67.9 Å². The van der Waals surface area contributed by atoms with Gasteiger partial charge in [-0.3, -0.25) is 13.9 Å². The zero-order valence-corrected chi connectivity index (χ0v) is 23.3. The van der Waals surface area contributed by atoms with Crippen LogP contribution < -0.4 is 14.4 Å². The largest absolute Gasteiger partial charge is 0.497 e. The zero-order chi connectivity index (χ0) is 27.0. The molecule has 0 aliphatic rings. The summed E-state index contributed by atoms with van der Waals surface area (Å²) in [5.74, 6) is -0.296. The lowest BCUT2D eigenvalue weighted by Gasteiger charge is -2.32. The van der Waals surface area contributed by atoms with E-state index in [1.807, 2.05) is 24.3 Å². The number of carbonyl (C=O) groups excluding carboxylic acids is 2. The number of hydrogen-bond donors (Lipinski definition) is 1. The number of hydrogen-bond acceptors (Lipinski definition) is 5. The summed E-state index contributed by atoms with van der Waals surface area (Å²) in [6.45, 7) is 3.45. The van der Waals surface area contributed by atoms with E-state index in [0.29, 0.717) is 18.0 Å². The van der Waals surface area contributed by atoms with Crippen molar-refractivity contribution in [2.24, 2.45) is 0 Å². The number of sulfonamides is 1. The zero-order valence-electron chi connectivity index (χ0n) is 20.9. The topological polar surface area (TPSA) is 96.0 Å². The highest BCUT2D eigenvalue weighted by molar-refractivity contribution is 9.10. The molecule has 0 unspecified atom stereocenters. The average molecular weight is 589 g/mol. The minimum Gasteiger partial charge on any atom is -0.497 e. The summed E-state index contributed by atoms with van der Waals surface area (Å²) in [6.07, 6.45) is 0. The van der Waals surface area contributed by atoms with E-state index in [2.05, 4.69) is 21.2 Å². The van der Waals surface area contributed by atoms with E-state index in [1.54, 1.807) is 56.3 Å². The van der Waals surface area contributed by atoms with Gasteiger partial charge in [0.2, 0.25) is 11.8 Å². The molecule has 0 aliphatic carbocycles. The van der Waals surface area contributed by atoms with Crippen LogP contribution in [0.15, 0.2) is 88.2 Å². The molecule has 0 bridgehead atoms. The van der Waals surface area contributed by atoms with E-state index in [4.69, 9.17) is 4.74 Å². The fourth-order valence-corrected chi connectivity index (χ4v) is 5.62. The maximum absolute atomic E-state index is 13.8. The predicted molar refractivity (Wildman–Crippen MR) is 147 cm³/mol. The number of amides is 2. The van der Waals surface area contributed by atoms with Crippen LogP contribution in [0, 0.1) is 0 Å². The van der Waals surface area contributed by atoms with Crippen LogP contribution in [-0.2, 0) is 26.2 Å². The predicted octanol–water partition coefficient (Wildman–Crippen LogP) is 4.21. The normalized spacial score (nSPS) is 11.9. The summed E-state index contributed by atoms with van der Waals surface area (Å²) in [5, 5.41) is 2.74. The highest BCUT2D eigenvalue weighted by Crippen LogP contribution is 2.26. The Morgan fingerprint density at radius 2 is 1.68 bits per heavy atom. The maximum atomic E-state index is 13.8. The average Bonchev–Trinajstić information content (AvgIpc) is 2.90. The Kier molecular flexibility index (Phi) is 9.71. The van der Waals surface area contributed by atoms with Crippen molar-refractivity contribution in [1.82, 2.24) is 10.2 Å². The van der Waals surface area contributed by atoms with Crippen molar-refractivity contribution in [2.45, 2.75) is 31.3 Å². The summed E-state index contributed by atoms with van der Waals surface area (Å²) >= 11 is 3.43. The lowest BCUT2D eigenvalue weighted by atomic mass is 10.1. The lowest BCUT2D eigenvalue weighted by molar-refractivity contribution is -0.139. The maximum Gasteiger partial charge on any atom is 0.264 e. The molecular formula is C27H30BrN3O5S. The van der Waals surface area contributed by atoms with Crippen LogP contribution in [0.3, 0.4) is 0 Å². The molecule has 0 fully saturated rings. The van der Waals surface area contributed by atoms with Gasteiger partial charge in [-0.25, -0.2) is 8.42 Å². The Balaban J connectivity index is 2.02. The molecule has 0 saturated carbocycles. The van der Waals surface area contributed by atoms with Crippen LogP contribution in [0.2, 0.25) is 0 Å². The highest BCUT2D eigenvalue weighted by Gasteiger charge is 2.32. The third kappa shape index (κ3) is 7.11. The molecule has 10 heteroatoms. The fourth-order valence-electron chi connectivity index (χ4n) is 3.73. The van der Waals surface area contributed by atoms with E-state index in [-0.39, 0.29) is 17.3 Å². The van der Waals surface area contributed by atoms with Gasteiger partial charge in [0.15, 0.2) is 0 Å². The first-order valence-electron chi connectivity index (χ1n) is 11.7. The van der Waals surface area contributed by atoms with Crippen LogP contribution in [-0.4, -0.2) is 51.4 Å². The molecule has 1 atom stereocenters. The van der Waals surface area contributed by atoms with E-state index in [9.17, 15) is 18.0 Å². The Hall–Kier alpha value is -3.37. The highest BCUT2D eigenvalue weighted by atomic mass is 79.9. The Labute approximate surface area is 226 Å². The molecule has 3 aromatic rings. The molecule has 0 aliphatic heterocycles. The van der Waals surface area contributed by atoms with Crippen molar-refractivity contribution < 1.29 is 22.7 Å². The summed E-state index contributed by atoms with van der Waals surface area (Å²) in [6, 6.07) is 20.9.